The molecule has 0 amide bonds. The Labute approximate surface area is 93.1 Å². The zero-order valence-electron chi connectivity index (χ0n) is 10.4. The summed E-state index contributed by atoms with van der Waals surface area (Å²) < 4.78 is 0. The number of rotatable bonds is 0. The summed E-state index contributed by atoms with van der Waals surface area (Å²) in [6.45, 7) is 10.0. The zero-order valence-corrected chi connectivity index (χ0v) is 10.4. The third kappa shape index (κ3) is 0.610. The lowest BCUT2D eigenvalue weighted by molar-refractivity contribution is 0.271. The van der Waals surface area contributed by atoms with Gasteiger partial charge in [0.2, 0.25) is 0 Å². The van der Waals surface area contributed by atoms with Crippen molar-refractivity contribution in [1.82, 2.24) is 0 Å². The van der Waals surface area contributed by atoms with Gasteiger partial charge in [-0.3, -0.25) is 0 Å². The molecule has 0 bridgehead atoms. The lowest BCUT2D eigenvalue weighted by Crippen LogP contribution is -2.21. The van der Waals surface area contributed by atoms with Crippen molar-refractivity contribution in [3.63, 3.8) is 0 Å². The summed E-state index contributed by atoms with van der Waals surface area (Å²) in [7, 11) is 0. The van der Waals surface area contributed by atoms with Gasteiger partial charge in [0, 0.05) is 5.41 Å². The molecule has 0 heteroatoms. The van der Waals surface area contributed by atoms with Gasteiger partial charge in [-0.25, -0.2) is 0 Å². The third-order valence-corrected chi connectivity index (χ3v) is 7.01. The third-order valence-electron chi connectivity index (χ3n) is 7.01. The molecule has 3 fully saturated rings. The fourth-order valence-corrected chi connectivity index (χ4v) is 6.28. The van der Waals surface area contributed by atoms with Crippen LogP contribution in [0.5, 0.6) is 0 Å². The standard InChI is InChI=1S/C15H22/c1-9-5-6-11-14(4)8-7-10-12(13(10,2)3)15(9,11)14/h5,10-12H,6-8H2,1-4H3. The van der Waals surface area contributed by atoms with Crippen molar-refractivity contribution in [3.8, 4) is 0 Å². The molecule has 1 spiro atoms. The van der Waals surface area contributed by atoms with Gasteiger partial charge in [-0.2, -0.15) is 0 Å². The van der Waals surface area contributed by atoms with Crippen LogP contribution in [0.25, 0.3) is 0 Å². The molecule has 0 aromatic heterocycles. The lowest BCUT2D eigenvalue weighted by atomic mass is 9.76. The van der Waals surface area contributed by atoms with Gasteiger partial charge in [-0.15, -0.1) is 0 Å². The number of hydrogen-bond donors (Lipinski definition) is 0. The molecule has 0 aromatic rings. The van der Waals surface area contributed by atoms with Gasteiger partial charge >= 0.3 is 0 Å². The van der Waals surface area contributed by atoms with Gasteiger partial charge in [-0.1, -0.05) is 32.4 Å². The quantitative estimate of drug-likeness (QED) is 0.520. The van der Waals surface area contributed by atoms with E-state index < -0.39 is 0 Å². The summed E-state index contributed by atoms with van der Waals surface area (Å²) in [5.74, 6) is 3.12. The molecule has 0 aromatic carbocycles. The van der Waals surface area contributed by atoms with Crippen LogP contribution >= 0.6 is 0 Å². The highest BCUT2D eigenvalue weighted by molar-refractivity contribution is 5.46. The summed E-state index contributed by atoms with van der Waals surface area (Å²) in [4.78, 5) is 0. The van der Waals surface area contributed by atoms with Crippen molar-refractivity contribution in [2.24, 2.45) is 34.0 Å². The molecule has 0 aliphatic heterocycles. The van der Waals surface area contributed by atoms with Crippen LogP contribution in [0.2, 0.25) is 0 Å². The molecule has 0 saturated heterocycles. The molecule has 0 heterocycles. The van der Waals surface area contributed by atoms with Crippen LogP contribution in [0.3, 0.4) is 0 Å². The Morgan fingerprint density at radius 3 is 2.73 bits per heavy atom. The largest absolute Gasteiger partial charge is 0.0847 e. The molecule has 0 radical (unpaired) electrons. The van der Waals surface area contributed by atoms with Crippen LogP contribution in [-0.2, 0) is 0 Å². The molecule has 82 valence electrons. The van der Waals surface area contributed by atoms with Crippen molar-refractivity contribution in [2.45, 2.75) is 47.0 Å². The first kappa shape index (κ1) is 8.84. The smallest absolute Gasteiger partial charge is 0.00389 e. The van der Waals surface area contributed by atoms with Gasteiger partial charge in [0.15, 0.2) is 0 Å². The molecule has 5 unspecified atom stereocenters. The van der Waals surface area contributed by atoms with E-state index in [1.807, 2.05) is 0 Å². The van der Waals surface area contributed by atoms with E-state index in [0.717, 1.165) is 17.8 Å². The Kier molecular flexibility index (Phi) is 1.15. The summed E-state index contributed by atoms with van der Waals surface area (Å²) in [6, 6.07) is 0. The molecule has 5 atom stereocenters. The van der Waals surface area contributed by atoms with Crippen LogP contribution in [0.1, 0.15) is 47.0 Å². The van der Waals surface area contributed by atoms with Gasteiger partial charge in [0.25, 0.3) is 0 Å². The Morgan fingerprint density at radius 2 is 2.00 bits per heavy atom. The molecule has 3 saturated carbocycles. The van der Waals surface area contributed by atoms with E-state index >= 15 is 0 Å². The number of fused-ring (bicyclic) bond motifs is 2. The Morgan fingerprint density at radius 1 is 1.27 bits per heavy atom. The van der Waals surface area contributed by atoms with Crippen molar-refractivity contribution < 1.29 is 0 Å². The Hall–Kier alpha value is -0.260. The number of allylic oxidation sites excluding steroid dienone is 2. The van der Waals surface area contributed by atoms with Crippen molar-refractivity contribution in [2.75, 3.05) is 0 Å². The SMILES string of the molecule is CC1=CCC2C3(C)CCC4C(C4(C)C)C123. The van der Waals surface area contributed by atoms with Crippen molar-refractivity contribution in [1.29, 1.82) is 0 Å². The van der Waals surface area contributed by atoms with Crippen LogP contribution in [0, 0.1) is 34.0 Å². The second-order valence-corrected chi connectivity index (χ2v) is 7.41. The minimum Gasteiger partial charge on any atom is -0.0847 e. The first-order valence-electron chi connectivity index (χ1n) is 6.64. The molecule has 0 nitrogen and oxygen atoms in total. The van der Waals surface area contributed by atoms with Crippen molar-refractivity contribution in [3.05, 3.63) is 11.6 Å². The summed E-state index contributed by atoms with van der Waals surface area (Å²) in [5.41, 5.74) is 3.81. The fraction of sp³-hybridized carbons (Fsp3) is 0.867. The molecule has 15 heavy (non-hydrogen) atoms. The summed E-state index contributed by atoms with van der Waals surface area (Å²) >= 11 is 0. The second kappa shape index (κ2) is 1.96. The van der Waals surface area contributed by atoms with Crippen LogP contribution in [0.15, 0.2) is 11.6 Å². The van der Waals surface area contributed by atoms with Crippen molar-refractivity contribution >= 4 is 0 Å². The monoisotopic (exact) mass is 202 g/mol. The predicted molar refractivity (Wildman–Crippen MR) is 62.4 cm³/mol. The topological polar surface area (TPSA) is 0 Å². The van der Waals surface area contributed by atoms with Gasteiger partial charge in [0.05, 0.1) is 0 Å². The second-order valence-electron chi connectivity index (χ2n) is 7.41. The maximum Gasteiger partial charge on any atom is 0.00389 e. The average molecular weight is 202 g/mol. The maximum atomic E-state index is 2.58. The molecular weight excluding hydrogens is 180 g/mol. The highest BCUT2D eigenvalue weighted by atomic mass is 14.9. The number of hydrogen-bond acceptors (Lipinski definition) is 0. The zero-order chi connectivity index (χ0) is 10.6. The van der Waals surface area contributed by atoms with E-state index in [9.17, 15) is 0 Å². The van der Waals surface area contributed by atoms with Gasteiger partial charge in [0.1, 0.15) is 0 Å². The van der Waals surface area contributed by atoms with Crippen LogP contribution in [0.4, 0.5) is 0 Å². The van der Waals surface area contributed by atoms with E-state index in [1.165, 1.54) is 19.3 Å². The van der Waals surface area contributed by atoms with E-state index in [2.05, 4.69) is 33.8 Å². The summed E-state index contributed by atoms with van der Waals surface area (Å²) in [6.07, 6.45) is 6.96. The summed E-state index contributed by atoms with van der Waals surface area (Å²) in [5, 5.41) is 0. The molecular formula is C15H22. The van der Waals surface area contributed by atoms with Gasteiger partial charge in [-0.05, 0) is 54.8 Å². The lowest BCUT2D eigenvalue weighted by Gasteiger charge is -2.28. The van der Waals surface area contributed by atoms with E-state index in [4.69, 9.17) is 0 Å². The highest BCUT2D eigenvalue weighted by Gasteiger charge is 2.87. The average Bonchev–Trinajstić information content (AvgIpc) is 2.84. The Balaban J connectivity index is 1.87. The van der Waals surface area contributed by atoms with E-state index in [1.54, 1.807) is 5.57 Å². The first-order chi connectivity index (χ1) is 6.97. The van der Waals surface area contributed by atoms with Crippen LogP contribution in [-0.4, -0.2) is 0 Å². The minimum absolute atomic E-state index is 0.659. The molecule has 4 rings (SSSR count). The van der Waals surface area contributed by atoms with Gasteiger partial charge < -0.3 is 0 Å². The maximum absolute atomic E-state index is 2.58. The van der Waals surface area contributed by atoms with E-state index in [0.29, 0.717) is 16.2 Å². The Bertz CT molecular complexity index is 389. The predicted octanol–water partition coefficient (Wildman–Crippen LogP) is 4.02. The highest BCUT2D eigenvalue weighted by Crippen LogP contribution is 2.92. The molecule has 4 aliphatic carbocycles. The molecule has 4 aliphatic rings. The van der Waals surface area contributed by atoms with Crippen LogP contribution < -0.4 is 0 Å². The first-order valence-corrected chi connectivity index (χ1v) is 6.64. The normalized spacial score (nSPS) is 62.7. The minimum atomic E-state index is 0.659. The fourth-order valence-electron chi connectivity index (χ4n) is 6.28. The van der Waals surface area contributed by atoms with E-state index in [-0.39, 0.29) is 0 Å². The molecule has 0 N–H and O–H groups in total.